The van der Waals surface area contributed by atoms with Crippen molar-refractivity contribution in [1.29, 1.82) is 0 Å². The molecule has 0 radical (unpaired) electrons. The maximum Gasteiger partial charge on any atom is 0.270 e. The Labute approximate surface area is 187 Å². The van der Waals surface area contributed by atoms with Gasteiger partial charge in [-0.05, 0) is 18.2 Å². The van der Waals surface area contributed by atoms with E-state index in [9.17, 15) is 23.3 Å². The molecule has 30 heavy (non-hydrogen) atoms. The van der Waals surface area contributed by atoms with Gasteiger partial charge in [-0.3, -0.25) is 14.9 Å². The quantitative estimate of drug-likeness (QED) is 0.349. The smallest absolute Gasteiger partial charge is 0.270 e. The van der Waals surface area contributed by atoms with Crippen molar-refractivity contribution in [2.75, 3.05) is 31.9 Å². The van der Waals surface area contributed by atoms with Gasteiger partial charge >= 0.3 is 0 Å². The van der Waals surface area contributed by atoms with Crippen molar-refractivity contribution >= 4 is 56.6 Å². The standard InChI is InChI=1S/C18H17Cl2N3O5S2/c19-15-5-2-6-16(20)18(15)29-12-17(24)21-7-9-22(10-8-21)30(27,28)14-4-1-3-13(11-14)23(25)26/h1-6,11H,7-10,12H2. The molecule has 160 valence electrons. The fourth-order valence-electron chi connectivity index (χ4n) is 2.93. The summed E-state index contributed by atoms with van der Waals surface area (Å²) >= 11 is 13.5. The molecule has 0 N–H and O–H groups in total. The highest BCUT2D eigenvalue weighted by Gasteiger charge is 2.31. The summed E-state index contributed by atoms with van der Waals surface area (Å²) in [6.45, 7) is 0.663. The molecule has 2 aromatic carbocycles. The van der Waals surface area contributed by atoms with Gasteiger partial charge in [-0.25, -0.2) is 8.42 Å². The molecule has 1 heterocycles. The molecule has 0 unspecified atom stereocenters. The lowest BCUT2D eigenvalue weighted by Gasteiger charge is -2.34. The van der Waals surface area contributed by atoms with Gasteiger partial charge in [-0.1, -0.05) is 35.3 Å². The van der Waals surface area contributed by atoms with Crippen molar-refractivity contribution in [2.24, 2.45) is 0 Å². The third kappa shape index (κ3) is 5.06. The molecule has 0 aliphatic carbocycles. The number of hydrogen-bond donors (Lipinski definition) is 0. The number of non-ortho nitro benzene ring substituents is 1. The first kappa shape index (κ1) is 22.8. The van der Waals surface area contributed by atoms with Crippen LogP contribution in [0.4, 0.5) is 5.69 Å². The summed E-state index contributed by atoms with van der Waals surface area (Å²) in [5, 5.41) is 11.8. The van der Waals surface area contributed by atoms with Gasteiger partial charge in [-0.15, -0.1) is 11.8 Å². The number of benzene rings is 2. The number of nitro groups is 1. The monoisotopic (exact) mass is 489 g/mol. The zero-order chi connectivity index (χ0) is 21.9. The molecule has 0 bridgehead atoms. The van der Waals surface area contributed by atoms with E-state index in [-0.39, 0.29) is 48.4 Å². The second-order valence-corrected chi connectivity index (χ2v) is 10.1. The molecular formula is C18H17Cl2N3O5S2. The van der Waals surface area contributed by atoms with E-state index in [1.54, 1.807) is 23.1 Å². The van der Waals surface area contributed by atoms with E-state index in [4.69, 9.17) is 23.2 Å². The normalized spacial score (nSPS) is 15.2. The van der Waals surface area contributed by atoms with Crippen LogP contribution in [0.3, 0.4) is 0 Å². The van der Waals surface area contributed by atoms with Crippen molar-refractivity contribution in [2.45, 2.75) is 9.79 Å². The summed E-state index contributed by atoms with van der Waals surface area (Å²) in [7, 11) is -3.88. The molecule has 1 saturated heterocycles. The first-order valence-corrected chi connectivity index (χ1v) is 12.0. The Morgan fingerprint density at radius 2 is 1.67 bits per heavy atom. The molecular weight excluding hydrogens is 473 g/mol. The number of carbonyl (C=O) groups is 1. The van der Waals surface area contributed by atoms with Crippen LogP contribution in [0.1, 0.15) is 0 Å². The Bertz CT molecular complexity index is 1050. The topological polar surface area (TPSA) is 101 Å². The molecule has 1 aliphatic rings. The lowest BCUT2D eigenvalue weighted by atomic mass is 10.3. The van der Waals surface area contributed by atoms with Crippen molar-refractivity contribution in [3.05, 3.63) is 62.6 Å². The highest BCUT2D eigenvalue weighted by molar-refractivity contribution is 8.00. The lowest BCUT2D eigenvalue weighted by molar-refractivity contribution is -0.385. The number of carbonyl (C=O) groups excluding carboxylic acids is 1. The second-order valence-electron chi connectivity index (χ2n) is 6.38. The summed E-state index contributed by atoms with van der Waals surface area (Å²) in [6, 6.07) is 10.0. The van der Waals surface area contributed by atoms with Crippen LogP contribution in [0, 0.1) is 10.1 Å². The number of thioether (sulfide) groups is 1. The highest BCUT2D eigenvalue weighted by Crippen LogP contribution is 2.34. The molecule has 3 rings (SSSR count). The lowest BCUT2D eigenvalue weighted by Crippen LogP contribution is -2.50. The molecule has 0 atom stereocenters. The van der Waals surface area contributed by atoms with Gasteiger partial charge in [0.1, 0.15) is 0 Å². The predicted molar refractivity (Wildman–Crippen MR) is 116 cm³/mol. The number of amides is 1. The van der Waals surface area contributed by atoms with Crippen LogP contribution >= 0.6 is 35.0 Å². The van der Waals surface area contributed by atoms with Crippen LogP contribution in [0.25, 0.3) is 0 Å². The number of nitro benzene ring substituents is 1. The Morgan fingerprint density at radius 3 is 2.27 bits per heavy atom. The van der Waals surface area contributed by atoms with E-state index in [2.05, 4.69) is 0 Å². The maximum absolute atomic E-state index is 12.8. The van der Waals surface area contributed by atoms with Crippen LogP contribution in [0.5, 0.6) is 0 Å². The number of sulfonamides is 1. The van der Waals surface area contributed by atoms with E-state index in [1.165, 1.54) is 34.3 Å². The predicted octanol–water partition coefficient (Wildman–Crippen LogP) is 3.53. The summed E-state index contributed by atoms with van der Waals surface area (Å²) in [5.74, 6) is -0.0236. The van der Waals surface area contributed by atoms with Crippen LogP contribution in [-0.2, 0) is 14.8 Å². The van der Waals surface area contributed by atoms with Crippen molar-refractivity contribution in [3.63, 3.8) is 0 Å². The fourth-order valence-corrected chi connectivity index (χ4v) is 5.98. The number of nitrogens with zero attached hydrogens (tertiary/aromatic N) is 3. The minimum atomic E-state index is -3.88. The molecule has 0 aromatic heterocycles. The number of halogens is 2. The van der Waals surface area contributed by atoms with Crippen LogP contribution in [0.2, 0.25) is 10.0 Å². The molecule has 1 aliphatic heterocycles. The molecule has 1 fully saturated rings. The number of piperazine rings is 1. The van der Waals surface area contributed by atoms with Gasteiger partial charge in [0.25, 0.3) is 5.69 Å². The third-order valence-electron chi connectivity index (χ3n) is 4.52. The Morgan fingerprint density at radius 1 is 1.07 bits per heavy atom. The molecule has 1 amide bonds. The minimum Gasteiger partial charge on any atom is -0.339 e. The molecule has 12 heteroatoms. The van der Waals surface area contributed by atoms with Gasteiger partial charge in [0.05, 0.1) is 25.6 Å². The third-order valence-corrected chi connectivity index (χ3v) is 8.38. The zero-order valence-electron chi connectivity index (χ0n) is 15.5. The Balaban J connectivity index is 1.60. The summed E-state index contributed by atoms with van der Waals surface area (Å²) in [5.41, 5.74) is -0.292. The molecule has 8 nitrogen and oxygen atoms in total. The Kier molecular flexibility index (Phi) is 7.25. The summed E-state index contributed by atoms with van der Waals surface area (Å²) < 4.78 is 26.8. The van der Waals surface area contributed by atoms with Crippen LogP contribution in [-0.4, -0.2) is 60.4 Å². The number of hydrogen-bond acceptors (Lipinski definition) is 6. The fraction of sp³-hybridized carbons (Fsp3) is 0.278. The first-order chi connectivity index (χ1) is 14.2. The SMILES string of the molecule is O=C(CSc1c(Cl)cccc1Cl)N1CCN(S(=O)(=O)c2cccc([N+](=O)[O-])c2)CC1. The van der Waals surface area contributed by atoms with E-state index in [0.717, 1.165) is 6.07 Å². The zero-order valence-corrected chi connectivity index (χ0v) is 18.7. The van der Waals surface area contributed by atoms with Crippen molar-refractivity contribution < 1.29 is 18.1 Å². The average molecular weight is 490 g/mol. The van der Waals surface area contributed by atoms with Gasteiger partial charge in [0, 0.05) is 43.2 Å². The molecule has 0 spiro atoms. The Hall–Kier alpha value is -1.85. The van der Waals surface area contributed by atoms with E-state index in [0.29, 0.717) is 14.9 Å². The first-order valence-electron chi connectivity index (χ1n) is 8.79. The van der Waals surface area contributed by atoms with Gasteiger partial charge in [0.15, 0.2) is 0 Å². The summed E-state index contributed by atoms with van der Waals surface area (Å²) in [6.07, 6.45) is 0. The van der Waals surface area contributed by atoms with E-state index < -0.39 is 14.9 Å². The second kappa shape index (κ2) is 9.52. The molecule has 2 aromatic rings. The van der Waals surface area contributed by atoms with Crippen LogP contribution < -0.4 is 0 Å². The van der Waals surface area contributed by atoms with Gasteiger partial charge in [-0.2, -0.15) is 4.31 Å². The van der Waals surface area contributed by atoms with Gasteiger partial charge in [0.2, 0.25) is 15.9 Å². The maximum atomic E-state index is 12.8. The van der Waals surface area contributed by atoms with Crippen molar-refractivity contribution in [3.8, 4) is 0 Å². The highest BCUT2D eigenvalue weighted by atomic mass is 35.5. The van der Waals surface area contributed by atoms with Gasteiger partial charge < -0.3 is 4.90 Å². The summed E-state index contributed by atoms with van der Waals surface area (Å²) in [4.78, 5) is 24.9. The van der Waals surface area contributed by atoms with Crippen LogP contribution in [0.15, 0.2) is 52.3 Å². The number of rotatable bonds is 6. The van der Waals surface area contributed by atoms with E-state index >= 15 is 0 Å². The average Bonchev–Trinajstić information content (AvgIpc) is 2.73. The van der Waals surface area contributed by atoms with E-state index in [1.807, 2.05) is 0 Å². The minimum absolute atomic E-state index is 0.105. The molecule has 0 saturated carbocycles. The van der Waals surface area contributed by atoms with Crippen molar-refractivity contribution in [1.82, 2.24) is 9.21 Å². The largest absolute Gasteiger partial charge is 0.339 e.